The fourth-order valence-corrected chi connectivity index (χ4v) is 2.28. The van der Waals surface area contributed by atoms with Crippen molar-refractivity contribution in [1.29, 1.82) is 0 Å². The van der Waals surface area contributed by atoms with Crippen LogP contribution in [-0.4, -0.2) is 17.7 Å². The summed E-state index contributed by atoms with van der Waals surface area (Å²) in [6, 6.07) is 5.34. The molecule has 0 saturated carbocycles. The highest BCUT2D eigenvalue weighted by molar-refractivity contribution is 7.99. The van der Waals surface area contributed by atoms with Crippen molar-refractivity contribution in [1.82, 2.24) is 0 Å². The first kappa shape index (κ1) is 18.6. The molecule has 0 bridgehead atoms. The third kappa shape index (κ3) is 5.61. The minimum absolute atomic E-state index is 0. The van der Waals surface area contributed by atoms with E-state index in [9.17, 15) is 4.79 Å². The van der Waals surface area contributed by atoms with E-state index in [2.05, 4.69) is 12.2 Å². The summed E-state index contributed by atoms with van der Waals surface area (Å²) < 4.78 is 0. The molecule has 3 nitrogen and oxygen atoms in total. The normalized spacial score (nSPS) is 13.3. The summed E-state index contributed by atoms with van der Waals surface area (Å²) in [5.74, 6) is 0.626. The summed E-state index contributed by atoms with van der Waals surface area (Å²) in [4.78, 5) is 13.0. The first-order valence-electron chi connectivity index (χ1n) is 5.94. The zero-order valence-corrected chi connectivity index (χ0v) is 13.7. The van der Waals surface area contributed by atoms with Gasteiger partial charge in [0.15, 0.2) is 0 Å². The smallest absolute Gasteiger partial charge is 0.228 e. The third-order valence-corrected chi connectivity index (χ3v) is 3.89. The molecule has 19 heavy (non-hydrogen) atoms. The highest BCUT2D eigenvalue weighted by Crippen LogP contribution is 2.30. The van der Waals surface area contributed by atoms with Gasteiger partial charge in [-0.2, -0.15) is 0 Å². The van der Waals surface area contributed by atoms with Gasteiger partial charge in [0.05, 0.1) is 11.6 Å². The maximum atomic E-state index is 12.0. The molecule has 1 rings (SSSR count). The molecule has 2 unspecified atom stereocenters. The number of nitrogens with one attached hydrogen (secondary N) is 1. The Morgan fingerprint density at radius 3 is 2.63 bits per heavy atom. The van der Waals surface area contributed by atoms with E-state index in [0.717, 1.165) is 16.3 Å². The molecule has 0 heterocycles. The maximum absolute atomic E-state index is 12.0. The van der Waals surface area contributed by atoms with E-state index in [1.807, 2.05) is 26.0 Å². The molecule has 1 amide bonds. The van der Waals surface area contributed by atoms with E-state index in [1.54, 1.807) is 17.8 Å². The minimum atomic E-state index is -0.233. The predicted octanol–water partition coefficient (Wildman–Crippen LogP) is 3.80. The number of thioether (sulfide) groups is 1. The van der Waals surface area contributed by atoms with Crippen LogP contribution in [0, 0.1) is 5.92 Å². The molecule has 2 atom stereocenters. The van der Waals surface area contributed by atoms with Crippen LogP contribution in [0.2, 0.25) is 5.02 Å². The van der Waals surface area contributed by atoms with Crippen molar-refractivity contribution in [2.75, 3.05) is 11.1 Å². The molecule has 0 aromatic heterocycles. The second-order valence-electron chi connectivity index (χ2n) is 4.21. The molecule has 0 aliphatic heterocycles. The van der Waals surface area contributed by atoms with Gasteiger partial charge in [-0.3, -0.25) is 4.79 Å². The molecule has 1 aromatic rings. The first-order chi connectivity index (χ1) is 8.45. The van der Waals surface area contributed by atoms with Crippen LogP contribution >= 0.6 is 35.8 Å². The van der Waals surface area contributed by atoms with Gasteiger partial charge in [-0.15, -0.1) is 24.2 Å². The number of amides is 1. The number of benzene rings is 1. The van der Waals surface area contributed by atoms with E-state index in [1.165, 1.54) is 0 Å². The van der Waals surface area contributed by atoms with Gasteiger partial charge < -0.3 is 11.1 Å². The van der Waals surface area contributed by atoms with Crippen LogP contribution in [0.25, 0.3) is 0 Å². The Kier molecular flexibility index (Phi) is 8.50. The van der Waals surface area contributed by atoms with Crippen molar-refractivity contribution in [3.63, 3.8) is 0 Å². The lowest BCUT2D eigenvalue weighted by molar-refractivity contribution is -0.119. The summed E-state index contributed by atoms with van der Waals surface area (Å²) >= 11 is 7.63. The maximum Gasteiger partial charge on any atom is 0.228 e. The molecule has 3 N–H and O–H groups in total. The zero-order valence-electron chi connectivity index (χ0n) is 11.3. The number of carbonyl (C=O) groups is 1. The molecule has 0 spiro atoms. The van der Waals surface area contributed by atoms with Crippen LogP contribution in [0.3, 0.4) is 0 Å². The number of anilines is 1. The van der Waals surface area contributed by atoms with Gasteiger partial charge in [0, 0.05) is 16.0 Å². The fourth-order valence-electron chi connectivity index (χ4n) is 1.37. The molecule has 6 heteroatoms. The third-order valence-electron chi connectivity index (χ3n) is 2.70. The van der Waals surface area contributed by atoms with Gasteiger partial charge in [-0.05, 0) is 30.9 Å². The molecule has 0 fully saturated rings. The zero-order chi connectivity index (χ0) is 13.7. The summed E-state index contributed by atoms with van der Waals surface area (Å²) in [7, 11) is 0. The van der Waals surface area contributed by atoms with Crippen LogP contribution in [0.5, 0.6) is 0 Å². The van der Waals surface area contributed by atoms with Gasteiger partial charge in [0.1, 0.15) is 0 Å². The van der Waals surface area contributed by atoms with Gasteiger partial charge in [0.2, 0.25) is 5.91 Å². The first-order valence-corrected chi connectivity index (χ1v) is 7.30. The Hall–Kier alpha value is -0.420. The van der Waals surface area contributed by atoms with Crippen LogP contribution in [-0.2, 0) is 4.79 Å². The Bertz CT molecular complexity index is 427. The number of nitrogens with two attached hydrogens (primary N) is 1. The number of rotatable bonds is 5. The summed E-state index contributed by atoms with van der Waals surface area (Å²) in [5, 5.41) is 3.50. The van der Waals surface area contributed by atoms with Crippen molar-refractivity contribution >= 4 is 47.4 Å². The molecule has 0 aliphatic rings. The van der Waals surface area contributed by atoms with E-state index in [0.29, 0.717) is 5.02 Å². The Morgan fingerprint density at radius 2 is 2.11 bits per heavy atom. The van der Waals surface area contributed by atoms with E-state index >= 15 is 0 Å². The molecule has 108 valence electrons. The lowest BCUT2D eigenvalue weighted by Crippen LogP contribution is -2.34. The number of hydrogen-bond acceptors (Lipinski definition) is 3. The molecule has 0 saturated heterocycles. The topological polar surface area (TPSA) is 55.1 Å². The van der Waals surface area contributed by atoms with E-state index < -0.39 is 0 Å². The average molecular weight is 323 g/mol. The molecule has 1 aromatic carbocycles. The monoisotopic (exact) mass is 322 g/mol. The molecular formula is C13H20Cl2N2OS. The van der Waals surface area contributed by atoms with Crippen LogP contribution in [0.1, 0.15) is 20.8 Å². The standard InChI is InChI=1S/C13H19ClN2OS.ClH/c1-4-18-12-6-5-10(14)7-11(12)16-13(17)8(2)9(3)15;/h5-9H,4,15H2,1-3H3,(H,16,17);1H. The minimum Gasteiger partial charge on any atom is -0.327 e. The number of carbonyl (C=O) groups excluding carboxylic acids is 1. The fraction of sp³-hybridized carbons (Fsp3) is 0.462. The predicted molar refractivity (Wildman–Crippen MR) is 86.5 cm³/mol. The van der Waals surface area contributed by atoms with E-state index in [-0.39, 0.29) is 30.3 Å². The highest BCUT2D eigenvalue weighted by atomic mass is 35.5. The Morgan fingerprint density at radius 1 is 1.47 bits per heavy atom. The summed E-state index contributed by atoms with van der Waals surface area (Å²) in [6.07, 6.45) is 0. The molecule has 0 radical (unpaired) electrons. The summed E-state index contributed by atoms with van der Waals surface area (Å²) in [6.45, 7) is 5.70. The summed E-state index contributed by atoms with van der Waals surface area (Å²) in [5.41, 5.74) is 6.48. The van der Waals surface area contributed by atoms with Crippen LogP contribution in [0.4, 0.5) is 5.69 Å². The second-order valence-corrected chi connectivity index (χ2v) is 5.95. The van der Waals surface area contributed by atoms with Gasteiger partial charge in [0.25, 0.3) is 0 Å². The van der Waals surface area contributed by atoms with Gasteiger partial charge in [-0.25, -0.2) is 0 Å². The molecule has 0 aliphatic carbocycles. The van der Waals surface area contributed by atoms with Crippen molar-refractivity contribution < 1.29 is 4.79 Å². The van der Waals surface area contributed by atoms with Crippen LogP contribution < -0.4 is 11.1 Å². The van der Waals surface area contributed by atoms with Crippen molar-refractivity contribution in [3.8, 4) is 0 Å². The Balaban J connectivity index is 0.00000324. The largest absolute Gasteiger partial charge is 0.327 e. The van der Waals surface area contributed by atoms with Gasteiger partial charge in [-0.1, -0.05) is 25.4 Å². The van der Waals surface area contributed by atoms with Crippen molar-refractivity contribution in [3.05, 3.63) is 23.2 Å². The average Bonchev–Trinajstić information content (AvgIpc) is 2.31. The highest BCUT2D eigenvalue weighted by Gasteiger charge is 2.18. The van der Waals surface area contributed by atoms with Crippen molar-refractivity contribution in [2.24, 2.45) is 11.7 Å². The quantitative estimate of drug-likeness (QED) is 0.811. The number of hydrogen-bond donors (Lipinski definition) is 2. The molecular weight excluding hydrogens is 303 g/mol. The van der Waals surface area contributed by atoms with E-state index in [4.69, 9.17) is 17.3 Å². The van der Waals surface area contributed by atoms with Crippen molar-refractivity contribution in [2.45, 2.75) is 31.7 Å². The Labute approximate surface area is 130 Å². The number of halogens is 2. The van der Waals surface area contributed by atoms with Crippen LogP contribution in [0.15, 0.2) is 23.1 Å². The SMILES string of the molecule is CCSc1ccc(Cl)cc1NC(=O)C(C)C(C)N.Cl. The van der Waals surface area contributed by atoms with Gasteiger partial charge >= 0.3 is 0 Å². The second kappa shape index (κ2) is 8.69. The lowest BCUT2D eigenvalue weighted by atomic mass is 10.0. The lowest BCUT2D eigenvalue weighted by Gasteiger charge is -2.17.